The maximum Gasteiger partial charge on any atom is 0.166 e. The first-order valence-electron chi connectivity index (χ1n) is 3.02. The van der Waals surface area contributed by atoms with Crippen molar-refractivity contribution in [1.82, 2.24) is 13.5 Å². The number of aromatic nitrogens is 3. The third-order valence-electron chi connectivity index (χ3n) is 0.240. The van der Waals surface area contributed by atoms with Crippen molar-refractivity contribution in [3.63, 3.8) is 0 Å². The molecule has 0 saturated heterocycles. The van der Waals surface area contributed by atoms with Crippen LogP contribution < -0.4 is 0 Å². The SMILES string of the molecule is CC.COC.n1pnpnp1. The standard InChI is InChI=1S/C2H6O.C2H6.N3P3/c1-3-2;1-2;1-4-2-6-3-5-1/h1-2H3;1-2H3;. The summed E-state index contributed by atoms with van der Waals surface area (Å²) in [5.41, 5.74) is 0. The molecule has 64 valence electrons. The molecule has 0 unspecified atom stereocenters. The fraction of sp³-hybridized carbons (Fsp3) is 1.00. The second-order valence-electron chi connectivity index (χ2n) is 0.945. The molecule has 0 fully saturated rings. The van der Waals surface area contributed by atoms with Crippen LogP contribution in [0.2, 0.25) is 0 Å². The van der Waals surface area contributed by atoms with Crippen molar-refractivity contribution in [2.75, 3.05) is 14.2 Å². The summed E-state index contributed by atoms with van der Waals surface area (Å²) in [4.78, 5) is 0. The topological polar surface area (TPSA) is 47.9 Å². The van der Waals surface area contributed by atoms with Crippen LogP contribution in [0, 0.1) is 0 Å². The van der Waals surface area contributed by atoms with Crippen LogP contribution in [0.1, 0.15) is 13.8 Å². The van der Waals surface area contributed by atoms with Crippen molar-refractivity contribution in [2.45, 2.75) is 13.8 Å². The minimum atomic E-state index is 0.830. The van der Waals surface area contributed by atoms with Crippen LogP contribution in [-0.4, -0.2) is 27.7 Å². The van der Waals surface area contributed by atoms with Gasteiger partial charge < -0.3 is 4.74 Å². The lowest BCUT2D eigenvalue weighted by atomic mass is 11.0. The van der Waals surface area contributed by atoms with Crippen LogP contribution in [0.25, 0.3) is 0 Å². The molecular weight excluding hydrogens is 199 g/mol. The zero-order chi connectivity index (χ0) is 8.95. The monoisotopic (exact) mass is 211 g/mol. The van der Waals surface area contributed by atoms with Crippen LogP contribution in [-0.2, 0) is 4.74 Å². The fourth-order valence-corrected chi connectivity index (χ4v) is 1.93. The molecule has 0 radical (unpaired) electrons. The average Bonchev–Trinajstić information content (AvgIpc) is 2.12. The molecule has 0 aliphatic heterocycles. The Kier molecular flexibility index (Phi) is 21.0. The van der Waals surface area contributed by atoms with E-state index in [1.165, 1.54) is 0 Å². The van der Waals surface area contributed by atoms with E-state index in [1.807, 2.05) is 13.8 Å². The number of methoxy groups -OCH3 is 1. The van der Waals surface area contributed by atoms with E-state index in [4.69, 9.17) is 0 Å². The zero-order valence-corrected chi connectivity index (χ0v) is 9.77. The number of ether oxygens (including phenoxy) is 1. The highest BCUT2D eigenvalue weighted by molar-refractivity contribution is 7.43. The van der Waals surface area contributed by atoms with E-state index in [-0.39, 0.29) is 0 Å². The molecule has 0 spiro atoms. The van der Waals surface area contributed by atoms with Crippen LogP contribution >= 0.6 is 25.5 Å². The second-order valence-corrected chi connectivity index (χ2v) is 3.63. The lowest BCUT2D eigenvalue weighted by Crippen LogP contribution is -1.55. The Morgan fingerprint density at radius 1 is 0.818 bits per heavy atom. The number of hydrogen-bond donors (Lipinski definition) is 0. The molecular formula is C4H12N3OP3. The smallest absolute Gasteiger partial charge is 0.166 e. The Bertz CT molecular complexity index is 103. The van der Waals surface area contributed by atoms with Gasteiger partial charge in [-0.3, -0.25) is 0 Å². The fourth-order valence-electron chi connectivity index (χ4n) is 0.107. The van der Waals surface area contributed by atoms with Crippen molar-refractivity contribution in [2.24, 2.45) is 0 Å². The molecule has 1 aromatic heterocycles. The highest BCUT2D eigenvalue weighted by Crippen LogP contribution is 2.01. The summed E-state index contributed by atoms with van der Waals surface area (Å²) in [5.74, 6) is 0. The van der Waals surface area contributed by atoms with Crippen molar-refractivity contribution >= 4 is 25.5 Å². The minimum Gasteiger partial charge on any atom is -0.388 e. The zero-order valence-electron chi connectivity index (χ0n) is 7.09. The third-order valence-corrected chi connectivity index (χ3v) is 2.16. The van der Waals surface area contributed by atoms with E-state index in [0.717, 1.165) is 25.5 Å². The molecule has 0 bridgehead atoms. The van der Waals surface area contributed by atoms with E-state index in [0.29, 0.717) is 0 Å². The van der Waals surface area contributed by atoms with Gasteiger partial charge in [-0.15, -0.1) is 0 Å². The lowest BCUT2D eigenvalue weighted by Gasteiger charge is -1.64. The van der Waals surface area contributed by atoms with Gasteiger partial charge in [0, 0.05) is 14.2 Å². The van der Waals surface area contributed by atoms with E-state index in [1.54, 1.807) is 14.2 Å². The Hall–Kier alpha value is 0.260. The number of hydrogen-bond acceptors (Lipinski definition) is 4. The summed E-state index contributed by atoms with van der Waals surface area (Å²) in [6.07, 6.45) is 0. The first-order valence-corrected chi connectivity index (χ1v) is 5.42. The average molecular weight is 211 g/mol. The van der Waals surface area contributed by atoms with Gasteiger partial charge in [-0.1, -0.05) is 13.8 Å². The molecule has 0 saturated carbocycles. The summed E-state index contributed by atoms with van der Waals surface area (Å²) in [7, 11) is 5.74. The Morgan fingerprint density at radius 2 is 1.00 bits per heavy atom. The molecule has 4 nitrogen and oxygen atoms in total. The van der Waals surface area contributed by atoms with Gasteiger partial charge in [-0.2, -0.15) is 13.5 Å². The molecule has 11 heavy (non-hydrogen) atoms. The van der Waals surface area contributed by atoms with Crippen LogP contribution in [0.3, 0.4) is 0 Å². The highest BCUT2D eigenvalue weighted by Gasteiger charge is 1.64. The molecule has 1 heterocycles. The van der Waals surface area contributed by atoms with Gasteiger partial charge in [0.05, 0.1) is 0 Å². The first-order chi connectivity index (χ1) is 5.41. The predicted molar refractivity (Wildman–Crippen MR) is 51.6 cm³/mol. The molecule has 0 N–H and O–H groups in total. The molecule has 0 atom stereocenters. The van der Waals surface area contributed by atoms with E-state index in [2.05, 4.69) is 18.3 Å². The van der Waals surface area contributed by atoms with Gasteiger partial charge >= 0.3 is 0 Å². The lowest BCUT2D eigenvalue weighted by molar-refractivity contribution is 0.277. The largest absolute Gasteiger partial charge is 0.388 e. The van der Waals surface area contributed by atoms with Crippen LogP contribution in [0.15, 0.2) is 0 Å². The maximum atomic E-state index is 4.25. The van der Waals surface area contributed by atoms with Crippen molar-refractivity contribution in [3.8, 4) is 0 Å². The second kappa shape index (κ2) is 16.7. The van der Waals surface area contributed by atoms with Gasteiger partial charge in [0.15, 0.2) is 25.5 Å². The normalized spacial score (nSPS) is 8.73. The van der Waals surface area contributed by atoms with Gasteiger partial charge in [-0.25, -0.2) is 0 Å². The Morgan fingerprint density at radius 3 is 1.09 bits per heavy atom. The first kappa shape index (κ1) is 13.8. The Labute approximate surface area is 72.5 Å². The summed E-state index contributed by atoms with van der Waals surface area (Å²) in [5, 5.41) is 0. The van der Waals surface area contributed by atoms with Gasteiger partial charge in [0.25, 0.3) is 0 Å². The summed E-state index contributed by atoms with van der Waals surface area (Å²) >= 11 is 0. The minimum absolute atomic E-state index is 0.830. The summed E-state index contributed by atoms with van der Waals surface area (Å²) in [6, 6.07) is 0. The van der Waals surface area contributed by atoms with Gasteiger partial charge in [0.1, 0.15) is 0 Å². The van der Waals surface area contributed by atoms with E-state index < -0.39 is 0 Å². The molecule has 0 aromatic carbocycles. The number of nitrogens with zero attached hydrogens (tertiary/aromatic N) is 3. The molecule has 1 aromatic rings. The van der Waals surface area contributed by atoms with Crippen molar-refractivity contribution < 1.29 is 4.74 Å². The summed E-state index contributed by atoms with van der Waals surface area (Å²) < 4.78 is 15.6. The molecule has 1 rings (SSSR count). The maximum absolute atomic E-state index is 4.25. The van der Waals surface area contributed by atoms with Crippen LogP contribution in [0.4, 0.5) is 0 Å². The Balaban J connectivity index is 0. The molecule has 0 aliphatic carbocycles. The molecule has 7 heteroatoms. The van der Waals surface area contributed by atoms with E-state index >= 15 is 0 Å². The quantitative estimate of drug-likeness (QED) is 0.661. The summed E-state index contributed by atoms with van der Waals surface area (Å²) in [6.45, 7) is 4.00. The van der Waals surface area contributed by atoms with Crippen molar-refractivity contribution in [3.05, 3.63) is 0 Å². The highest BCUT2D eigenvalue weighted by atomic mass is 31.1. The van der Waals surface area contributed by atoms with Gasteiger partial charge in [-0.05, 0) is 0 Å². The van der Waals surface area contributed by atoms with Crippen LogP contribution in [0.5, 0.6) is 0 Å². The third kappa shape index (κ3) is 17.9. The molecule has 0 aliphatic rings. The van der Waals surface area contributed by atoms with Crippen molar-refractivity contribution in [1.29, 1.82) is 0 Å². The van der Waals surface area contributed by atoms with E-state index in [9.17, 15) is 0 Å². The van der Waals surface area contributed by atoms with Gasteiger partial charge in [0.2, 0.25) is 0 Å². The predicted octanol–water partition coefficient (Wildman–Crippen LogP) is 2.90. The molecule has 0 amide bonds. The number of rotatable bonds is 0.